The van der Waals surface area contributed by atoms with Gasteiger partial charge in [0.15, 0.2) is 0 Å². The van der Waals surface area contributed by atoms with Gasteiger partial charge in [0.2, 0.25) is 5.78 Å². The summed E-state index contributed by atoms with van der Waals surface area (Å²) in [5, 5.41) is 26.3. The minimum Gasteiger partial charge on any atom is -0.478 e. The molecule has 0 atom stereocenters. The number of hydrogen-bond donors (Lipinski definition) is 3. The van der Waals surface area contributed by atoms with Gasteiger partial charge in [0.05, 0.1) is 0 Å². The minimum atomic E-state index is -2.92. The SMILES string of the molecule is O=C(O)C1=C[C]=CC(=O)C1(O)O. The maximum absolute atomic E-state index is 10.7. The minimum absolute atomic E-state index is 0.770. The Balaban J connectivity index is 3.15. The van der Waals surface area contributed by atoms with Crippen molar-refractivity contribution in [2.45, 2.75) is 5.79 Å². The fourth-order valence-electron chi connectivity index (χ4n) is 0.746. The third kappa shape index (κ3) is 1.15. The van der Waals surface area contributed by atoms with E-state index in [1.54, 1.807) is 0 Å². The Hall–Kier alpha value is -1.46. The van der Waals surface area contributed by atoms with Crippen molar-refractivity contribution >= 4 is 11.8 Å². The van der Waals surface area contributed by atoms with Crippen molar-refractivity contribution in [2.24, 2.45) is 0 Å². The van der Waals surface area contributed by atoms with Crippen molar-refractivity contribution in [2.75, 3.05) is 0 Å². The van der Waals surface area contributed by atoms with Crippen LogP contribution in [-0.4, -0.2) is 32.9 Å². The van der Waals surface area contributed by atoms with E-state index < -0.39 is 23.1 Å². The summed E-state index contributed by atoms with van der Waals surface area (Å²) in [5.74, 6) is -5.59. The van der Waals surface area contributed by atoms with Crippen LogP contribution in [0.2, 0.25) is 0 Å². The number of carboxylic acid groups (broad SMARTS) is 1. The predicted octanol–water partition coefficient (Wildman–Crippen LogP) is -1.38. The standard InChI is InChI=1S/C7H5O5/c8-5-3-1-2-4(6(9)10)7(5,11)12/h2-3,11-12H,(H,9,10). The van der Waals surface area contributed by atoms with Gasteiger partial charge in [-0.2, -0.15) is 0 Å². The van der Waals surface area contributed by atoms with E-state index in [4.69, 9.17) is 15.3 Å². The normalized spacial score (nSPS) is 20.5. The van der Waals surface area contributed by atoms with Gasteiger partial charge in [-0.25, -0.2) is 4.79 Å². The Kier molecular flexibility index (Phi) is 1.83. The molecule has 5 nitrogen and oxygen atoms in total. The number of carboxylic acids is 1. The van der Waals surface area contributed by atoms with Crippen molar-refractivity contribution < 1.29 is 24.9 Å². The molecule has 0 aromatic carbocycles. The second-order valence-corrected chi connectivity index (χ2v) is 2.21. The largest absolute Gasteiger partial charge is 0.478 e. The molecular formula is C7H5O5. The van der Waals surface area contributed by atoms with Crippen molar-refractivity contribution in [1.82, 2.24) is 0 Å². The molecule has 0 heterocycles. The lowest BCUT2D eigenvalue weighted by molar-refractivity contribution is -0.170. The van der Waals surface area contributed by atoms with Crippen LogP contribution in [0.4, 0.5) is 0 Å². The van der Waals surface area contributed by atoms with Gasteiger partial charge in [0, 0.05) is 0 Å². The molecule has 0 bridgehead atoms. The van der Waals surface area contributed by atoms with Gasteiger partial charge in [-0.3, -0.25) is 4.79 Å². The van der Waals surface area contributed by atoms with Crippen molar-refractivity contribution in [3.05, 3.63) is 23.8 Å². The topological polar surface area (TPSA) is 94.8 Å². The second kappa shape index (κ2) is 2.54. The average Bonchev–Trinajstić information content (AvgIpc) is 1.94. The molecule has 0 aromatic heterocycles. The summed E-state index contributed by atoms with van der Waals surface area (Å²) < 4.78 is 0. The van der Waals surface area contributed by atoms with Crippen LogP contribution in [0, 0.1) is 6.08 Å². The molecule has 3 N–H and O–H groups in total. The first-order chi connectivity index (χ1) is 5.46. The van der Waals surface area contributed by atoms with E-state index in [0.29, 0.717) is 0 Å². The molecule has 0 saturated heterocycles. The zero-order chi connectivity index (χ0) is 9.35. The van der Waals surface area contributed by atoms with E-state index in [-0.39, 0.29) is 0 Å². The molecule has 1 radical (unpaired) electrons. The van der Waals surface area contributed by atoms with Crippen LogP contribution in [0.25, 0.3) is 0 Å². The number of allylic oxidation sites excluding steroid dienone is 2. The molecule has 1 rings (SSSR count). The van der Waals surface area contributed by atoms with Crippen LogP contribution in [0.1, 0.15) is 0 Å². The van der Waals surface area contributed by atoms with E-state index in [1.165, 1.54) is 0 Å². The van der Waals surface area contributed by atoms with Crippen LogP contribution in [0.15, 0.2) is 17.7 Å². The Bertz CT molecular complexity index is 297. The lowest BCUT2D eigenvalue weighted by Crippen LogP contribution is -2.43. The summed E-state index contributed by atoms with van der Waals surface area (Å²) in [5.41, 5.74) is -0.796. The molecular weight excluding hydrogens is 164 g/mol. The zero-order valence-corrected chi connectivity index (χ0v) is 5.81. The fourth-order valence-corrected chi connectivity index (χ4v) is 0.746. The highest BCUT2D eigenvalue weighted by Crippen LogP contribution is 2.19. The Morgan fingerprint density at radius 2 is 2.08 bits per heavy atom. The van der Waals surface area contributed by atoms with Gasteiger partial charge in [0.25, 0.3) is 5.79 Å². The molecule has 0 spiro atoms. The van der Waals surface area contributed by atoms with Crippen molar-refractivity contribution in [3.63, 3.8) is 0 Å². The molecule has 1 aliphatic carbocycles. The van der Waals surface area contributed by atoms with Crippen LogP contribution in [-0.2, 0) is 9.59 Å². The summed E-state index contributed by atoms with van der Waals surface area (Å²) in [7, 11) is 0. The van der Waals surface area contributed by atoms with Crippen LogP contribution < -0.4 is 0 Å². The van der Waals surface area contributed by atoms with Crippen LogP contribution in [0.3, 0.4) is 0 Å². The van der Waals surface area contributed by atoms with Gasteiger partial charge in [-0.15, -0.1) is 0 Å². The van der Waals surface area contributed by atoms with E-state index in [1.807, 2.05) is 0 Å². The van der Waals surface area contributed by atoms with E-state index in [0.717, 1.165) is 12.2 Å². The highest BCUT2D eigenvalue weighted by Gasteiger charge is 2.41. The number of aliphatic hydroxyl groups is 2. The van der Waals surface area contributed by atoms with Crippen LogP contribution >= 0.6 is 0 Å². The first-order valence-corrected chi connectivity index (χ1v) is 2.98. The summed E-state index contributed by atoms with van der Waals surface area (Å²) >= 11 is 0. The molecule has 1 aliphatic rings. The molecule has 0 aromatic rings. The molecule has 0 unspecified atom stereocenters. The fraction of sp³-hybridized carbons (Fsp3) is 0.143. The first-order valence-electron chi connectivity index (χ1n) is 2.98. The average molecular weight is 169 g/mol. The summed E-state index contributed by atoms with van der Waals surface area (Å²) in [4.78, 5) is 21.0. The number of carbonyl (C=O) groups is 2. The maximum Gasteiger partial charge on any atom is 0.337 e. The molecule has 5 heteroatoms. The van der Waals surface area contributed by atoms with Gasteiger partial charge in [-0.05, 0) is 18.2 Å². The number of carbonyl (C=O) groups excluding carboxylic acids is 1. The second-order valence-electron chi connectivity index (χ2n) is 2.21. The Morgan fingerprint density at radius 3 is 2.50 bits per heavy atom. The number of rotatable bonds is 1. The van der Waals surface area contributed by atoms with Crippen LogP contribution in [0.5, 0.6) is 0 Å². The van der Waals surface area contributed by atoms with Gasteiger partial charge < -0.3 is 15.3 Å². The van der Waals surface area contributed by atoms with E-state index in [2.05, 4.69) is 6.08 Å². The van der Waals surface area contributed by atoms with Crippen molar-refractivity contribution in [1.29, 1.82) is 0 Å². The van der Waals surface area contributed by atoms with E-state index >= 15 is 0 Å². The molecule has 0 aliphatic heterocycles. The highest BCUT2D eigenvalue weighted by molar-refractivity contribution is 6.06. The molecule has 63 valence electrons. The van der Waals surface area contributed by atoms with Gasteiger partial charge in [0.1, 0.15) is 5.57 Å². The van der Waals surface area contributed by atoms with Gasteiger partial charge in [-0.1, -0.05) is 0 Å². The monoisotopic (exact) mass is 169 g/mol. The predicted molar refractivity (Wildman–Crippen MR) is 35.7 cm³/mol. The Morgan fingerprint density at radius 1 is 1.50 bits per heavy atom. The highest BCUT2D eigenvalue weighted by atomic mass is 16.5. The summed E-state index contributed by atoms with van der Waals surface area (Å²) in [6.45, 7) is 0. The van der Waals surface area contributed by atoms with Crippen molar-refractivity contribution in [3.8, 4) is 0 Å². The number of ketones is 1. The zero-order valence-electron chi connectivity index (χ0n) is 5.81. The molecule has 0 saturated carbocycles. The lowest BCUT2D eigenvalue weighted by atomic mass is 9.97. The quantitative estimate of drug-likeness (QED) is 0.420. The number of aliphatic carboxylic acids is 1. The molecule has 0 fully saturated rings. The first kappa shape index (κ1) is 8.63. The van der Waals surface area contributed by atoms with Gasteiger partial charge >= 0.3 is 5.97 Å². The van der Waals surface area contributed by atoms with E-state index in [9.17, 15) is 9.59 Å². The Labute approximate surface area is 67.2 Å². The lowest BCUT2D eigenvalue weighted by Gasteiger charge is -2.20. The third-order valence-corrected chi connectivity index (χ3v) is 1.39. The molecule has 0 amide bonds. The summed E-state index contributed by atoms with van der Waals surface area (Å²) in [6.07, 6.45) is 3.79. The third-order valence-electron chi connectivity index (χ3n) is 1.39. The summed E-state index contributed by atoms with van der Waals surface area (Å²) in [6, 6.07) is 0. The molecule has 12 heavy (non-hydrogen) atoms. The maximum atomic E-state index is 10.7. The smallest absolute Gasteiger partial charge is 0.337 e. The number of hydrogen-bond acceptors (Lipinski definition) is 4.